The van der Waals surface area contributed by atoms with E-state index in [0.717, 1.165) is 11.3 Å². The maximum Gasteiger partial charge on any atom is 0.338 e. The number of amides is 2. The zero-order chi connectivity index (χ0) is 19.5. The zero-order valence-corrected chi connectivity index (χ0v) is 16.3. The van der Waals surface area contributed by atoms with Gasteiger partial charge < -0.3 is 20.1 Å². The third kappa shape index (κ3) is 4.77. The van der Waals surface area contributed by atoms with Crippen LogP contribution in [-0.2, 0) is 9.53 Å². The quantitative estimate of drug-likeness (QED) is 0.785. The van der Waals surface area contributed by atoms with Gasteiger partial charge in [0.25, 0.3) is 0 Å². The number of hydrogen-bond acceptors (Lipinski definition) is 4. The minimum absolute atomic E-state index is 0.0218. The number of allylic oxidation sites excluding steroid dienone is 1. The molecule has 1 atom stereocenters. The van der Waals surface area contributed by atoms with Crippen molar-refractivity contribution in [3.63, 3.8) is 0 Å². The molecule has 2 N–H and O–H groups in total. The van der Waals surface area contributed by atoms with Crippen molar-refractivity contribution in [3.05, 3.63) is 41.1 Å². The first-order chi connectivity index (χ1) is 12.1. The fraction of sp³-hybridized carbons (Fsp3) is 0.500. The van der Waals surface area contributed by atoms with Gasteiger partial charge in [-0.3, -0.25) is 0 Å². The van der Waals surface area contributed by atoms with Crippen LogP contribution in [0, 0.1) is 5.92 Å². The highest BCUT2D eigenvalue weighted by molar-refractivity contribution is 5.95. The van der Waals surface area contributed by atoms with Gasteiger partial charge >= 0.3 is 12.0 Å². The van der Waals surface area contributed by atoms with Crippen molar-refractivity contribution < 1.29 is 19.1 Å². The first kappa shape index (κ1) is 19.8. The Balaban J connectivity index is 2.42. The minimum atomic E-state index is -0.566. The van der Waals surface area contributed by atoms with E-state index in [-0.39, 0.29) is 24.2 Å². The largest absolute Gasteiger partial charge is 0.488 e. The second kappa shape index (κ2) is 7.81. The van der Waals surface area contributed by atoms with Gasteiger partial charge in [-0.05, 0) is 51.3 Å². The van der Waals surface area contributed by atoms with E-state index in [4.69, 9.17) is 9.47 Å². The third-order valence-electron chi connectivity index (χ3n) is 3.81. The molecule has 0 aliphatic carbocycles. The van der Waals surface area contributed by atoms with Gasteiger partial charge in [0.05, 0.1) is 18.2 Å². The second-order valence-corrected chi connectivity index (χ2v) is 7.52. The molecule has 0 saturated heterocycles. The molecule has 0 spiro atoms. The number of nitrogens with one attached hydrogen (secondary N) is 2. The standard InChI is InChI=1S/C20H28N2O4/c1-7-25-18(23)15-16(12(2)3)21-19(24)22-17(15)13-8-10-14(11-9-13)26-20(4,5)6/h8-12,17H,7H2,1-6H3,(H2,21,22,24). The lowest BCUT2D eigenvalue weighted by Gasteiger charge is -2.31. The third-order valence-corrected chi connectivity index (χ3v) is 3.81. The van der Waals surface area contributed by atoms with Crippen molar-refractivity contribution in [2.24, 2.45) is 5.92 Å². The van der Waals surface area contributed by atoms with Gasteiger partial charge in [0.2, 0.25) is 0 Å². The van der Waals surface area contributed by atoms with Gasteiger partial charge in [0, 0.05) is 5.70 Å². The van der Waals surface area contributed by atoms with Crippen LogP contribution in [0.2, 0.25) is 0 Å². The van der Waals surface area contributed by atoms with Crippen molar-refractivity contribution in [1.29, 1.82) is 0 Å². The second-order valence-electron chi connectivity index (χ2n) is 7.52. The topological polar surface area (TPSA) is 76.7 Å². The SMILES string of the molecule is CCOC(=O)C1=C(C(C)C)NC(=O)NC1c1ccc(OC(C)(C)C)cc1. The molecule has 26 heavy (non-hydrogen) atoms. The molecule has 6 heteroatoms. The Kier molecular flexibility index (Phi) is 5.95. The average molecular weight is 360 g/mol. The van der Waals surface area contributed by atoms with Crippen molar-refractivity contribution in [2.45, 2.75) is 53.2 Å². The van der Waals surface area contributed by atoms with Crippen LogP contribution in [0.5, 0.6) is 5.75 Å². The van der Waals surface area contributed by atoms with E-state index in [9.17, 15) is 9.59 Å². The number of carbonyl (C=O) groups excluding carboxylic acids is 2. The van der Waals surface area contributed by atoms with Crippen LogP contribution < -0.4 is 15.4 Å². The number of esters is 1. The van der Waals surface area contributed by atoms with Crippen LogP contribution in [-0.4, -0.2) is 24.2 Å². The zero-order valence-electron chi connectivity index (χ0n) is 16.3. The Morgan fingerprint density at radius 1 is 1.19 bits per heavy atom. The molecule has 1 heterocycles. The van der Waals surface area contributed by atoms with E-state index in [1.165, 1.54) is 0 Å². The number of urea groups is 1. The van der Waals surface area contributed by atoms with Gasteiger partial charge in [-0.1, -0.05) is 26.0 Å². The van der Waals surface area contributed by atoms with E-state index < -0.39 is 12.0 Å². The molecule has 1 aromatic carbocycles. The molecule has 0 fully saturated rings. The summed E-state index contributed by atoms with van der Waals surface area (Å²) in [5.41, 5.74) is 1.52. The summed E-state index contributed by atoms with van der Waals surface area (Å²) in [6, 6.07) is 6.49. The number of benzene rings is 1. The first-order valence-electron chi connectivity index (χ1n) is 8.90. The summed E-state index contributed by atoms with van der Waals surface area (Å²) in [6.07, 6.45) is 0. The molecule has 142 valence electrons. The van der Waals surface area contributed by atoms with Crippen molar-refractivity contribution >= 4 is 12.0 Å². The smallest absolute Gasteiger partial charge is 0.338 e. The lowest BCUT2D eigenvalue weighted by atomic mass is 9.91. The maximum absolute atomic E-state index is 12.6. The Morgan fingerprint density at radius 2 is 1.81 bits per heavy atom. The summed E-state index contributed by atoms with van der Waals surface area (Å²) in [4.78, 5) is 24.7. The van der Waals surface area contributed by atoms with Crippen LogP contribution in [0.3, 0.4) is 0 Å². The predicted octanol–water partition coefficient (Wildman–Crippen LogP) is 3.69. The van der Waals surface area contributed by atoms with Gasteiger partial charge in [-0.15, -0.1) is 0 Å². The lowest BCUT2D eigenvalue weighted by molar-refractivity contribution is -0.139. The molecule has 1 unspecified atom stereocenters. The Hall–Kier alpha value is -2.50. The monoisotopic (exact) mass is 360 g/mol. The van der Waals surface area contributed by atoms with E-state index >= 15 is 0 Å². The lowest BCUT2D eigenvalue weighted by Crippen LogP contribution is -2.47. The molecule has 0 aromatic heterocycles. The van der Waals surface area contributed by atoms with Gasteiger partial charge in [0.15, 0.2) is 0 Å². The van der Waals surface area contributed by atoms with E-state index in [2.05, 4.69) is 10.6 Å². The van der Waals surface area contributed by atoms with Crippen molar-refractivity contribution in [2.75, 3.05) is 6.61 Å². The number of rotatable bonds is 5. The van der Waals surface area contributed by atoms with Crippen LogP contribution in [0.1, 0.15) is 53.1 Å². The Labute approximate surface area is 154 Å². The fourth-order valence-electron chi connectivity index (χ4n) is 2.81. The predicted molar refractivity (Wildman–Crippen MR) is 99.7 cm³/mol. The molecule has 1 aliphatic heterocycles. The van der Waals surface area contributed by atoms with Crippen LogP contribution in [0.4, 0.5) is 4.79 Å². The number of hydrogen-bond donors (Lipinski definition) is 2. The molecule has 6 nitrogen and oxygen atoms in total. The summed E-state index contributed by atoms with van der Waals surface area (Å²) in [5, 5.41) is 5.58. The van der Waals surface area contributed by atoms with Crippen molar-refractivity contribution in [1.82, 2.24) is 10.6 Å². The summed E-state index contributed by atoms with van der Waals surface area (Å²) < 4.78 is 11.1. The van der Waals surface area contributed by atoms with E-state index in [0.29, 0.717) is 11.3 Å². The van der Waals surface area contributed by atoms with Gasteiger partial charge in [0.1, 0.15) is 11.4 Å². The molecule has 2 rings (SSSR count). The normalized spacial score (nSPS) is 17.7. The Morgan fingerprint density at radius 3 is 2.31 bits per heavy atom. The summed E-state index contributed by atoms with van der Waals surface area (Å²) in [7, 11) is 0. The number of carbonyl (C=O) groups is 2. The molecular formula is C20H28N2O4. The van der Waals surface area contributed by atoms with E-state index in [1.54, 1.807) is 6.92 Å². The first-order valence-corrected chi connectivity index (χ1v) is 8.90. The highest BCUT2D eigenvalue weighted by atomic mass is 16.5. The van der Waals surface area contributed by atoms with Crippen molar-refractivity contribution in [3.8, 4) is 5.75 Å². The molecule has 0 radical (unpaired) electrons. The molecule has 2 amide bonds. The summed E-state index contributed by atoms with van der Waals surface area (Å²) >= 11 is 0. The average Bonchev–Trinajstić information content (AvgIpc) is 2.53. The summed E-state index contributed by atoms with van der Waals surface area (Å²) in [5.74, 6) is 0.280. The maximum atomic E-state index is 12.6. The van der Waals surface area contributed by atoms with Gasteiger partial charge in [-0.2, -0.15) is 0 Å². The van der Waals surface area contributed by atoms with E-state index in [1.807, 2.05) is 58.9 Å². The van der Waals surface area contributed by atoms with Crippen LogP contribution >= 0.6 is 0 Å². The highest BCUT2D eigenvalue weighted by Gasteiger charge is 2.34. The minimum Gasteiger partial charge on any atom is -0.488 e. The molecule has 1 aliphatic rings. The summed E-state index contributed by atoms with van der Waals surface area (Å²) in [6.45, 7) is 11.8. The molecule has 0 saturated carbocycles. The van der Waals surface area contributed by atoms with Crippen LogP contribution in [0.25, 0.3) is 0 Å². The fourth-order valence-corrected chi connectivity index (χ4v) is 2.81. The van der Waals surface area contributed by atoms with Gasteiger partial charge in [-0.25, -0.2) is 9.59 Å². The highest BCUT2D eigenvalue weighted by Crippen LogP contribution is 2.31. The number of ether oxygens (including phenoxy) is 2. The molecule has 0 bridgehead atoms. The van der Waals surface area contributed by atoms with Crippen LogP contribution in [0.15, 0.2) is 35.5 Å². The molecule has 1 aromatic rings. The molecular weight excluding hydrogens is 332 g/mol. The Bertz CT molecular complexity index is 700.